The lowest BCUT2D eigenvalue weighted by Gasteiger charge is -2.11. The molecule has 2 heterocycles. The predicted molar refractivity (Wildman–Crippen MR) is 74.8 cm³/mol. The number of alkyl halides is 3. The number of rotatable bonds is 6. The smallest absolute Gasteiger partial charge is 0.350 e. The summed E-state index contributed by atoms with van der Waals surface area (Å²) in [5, 5.41) is 10.7. The van der Waals surface area contributed by atoms with Crippen molar-refractivity contribution in [2.45, 2.75) is 25.9 Å². The van der Waals surface area contributed by atoms with Gasteiger partial charge in [0.1, 0.15) is 19.4 Å². The van der Waals surface area contributed by atoms with Crippen molar-refractivity contribution in [3.05, 3.63) is 29.8 Å². The average Bonchev–Trinajstić information content (AvgIpc) is 3.06. The van der Waals surface area contributed by atoms with E-state index in [1.165, 1.54) is 29.5 Å². The van der Waals surface area contributed by atoms with Gasteiger partial charge in [0, 0.05) is 6.20 Å². The SMILES string of the molecule is CC(C(=O)Nc1cnn(COCC(F)(F)F)c1)n1cc(Cl)cn1. The Morgan fingerprint density at radius 1 is 1.39 bits per heavy atom. The van der Waals surface area contributed by atoms with Crippen LogP contribution in [0.4, 0.5) is 18.9 Å². The molecule has 0 saturated heterocycles. The molecule has 0 aromatic carbocycles. The Morgan fingerprint density at radius 3 is 2.74 bits per heavy atom. The molecule has 1 atom stereocenters. The van der Waals surface area contributed by atoms with Crippen molar-refractivity contribution < 1.29 is 22.7 Å². The zero-order valence-electron chi connectivity index (χ0n) is 11.9. The highest BCUT2D eigenvalue weighted by molar-refractivity contribution is 6.30. The van der Waals surface area contributed by atoms with Gasteiger partial charge in [-0.3, -0.25) is 9.48 Å². The number of hydrogen-bond donors (Lipinski definition) is 1. The maximum atomic E-state index is 12.0. The van der Waals surface area contributed by atoms with E-state index in [0.29, 0.717) is 10.7 Å². The van der Waals surface area contributed by atoms with Crippen LogP contribution in [0.1, 0.15) is 13.0 Å². The molecule has 126 valence electrons. The number of carbonyl (C=O) groups is 1. The van der Waals surface area contributed by atoms with Crippen LogP contribution >= 0.6 is 11.6 Å². The lowest BCUT2D eigenvalue weighted by atomic mass is 10.3. The van der Waals surface area contributed by atoms with Gasteiger partial charge in [0.2, 0.25) is 5.91 Å². The first-order valence-electron chi connectivity index (χ1n) is 6.42. The maximum Gasteiger partial charge on any atom is 0.411 e. The fourth-order valence-corrected chi connectivity index (χ4v) is 1.79. The highest BCUT2D eigenvalue weighted by Gasteiger charge is 2.27. The van der Waals surface area contributed by atoms with Crippen molar-refractivity contribution in [3.63, 3.8) is 0 Å². The number of amides is 1. The van der Waals surface area contributed by atoms with Crippen molar-refractivity contribution in [2.24, 2.45) is 0 Å². The molecule has 0 saturated carbocycles. The van der Waals surface area contributed by atoms with Crippen molar-refractivity contribution in [3.8, 4) is 0 Å². The molecule has 1 amide bonds. The van der Waals surface area contributed by atoms with Gasteiger partial charge in [-0.25, -0.2) is 4.68 Å². The maximum absolute atomic E-state index is 12.0. The Balaban J connectivity index is 1.87. The summed E-state index contributed by atoms with van der Waals surface area (Å²) in [6.07, 6.45) is 1.17. The van der Waals surface area contributed by atoms with E-state index in [4.69, 9.17) is 11.6 Å². The van der Waals surface area contributed by atoms with Crippen LogP contribution in [0.5, 0.6) is 0 Å². The quantitative estimate of drug-likeness (QED) is 0.867. The molecule has 11 heteroatoms. The summed E-state index contributed by atoms with van der Waals surface area (Å²) in [5.41, 5.74) is 0.329. The summed E-state index contributed by atoms with van der Waals surface area (Å²) < 4.78 is 42.8. The van der Waals surface area contributed by atoms with Crippen LogP contribution in [-0.2, 0) is 16.3 Å². The van der Waals surface area contributed by atoms with E-state index >= 15 is 0 Å². The number of nitrogens with one attached hydrogen (secondary N) is 1. The normalized spacial score (nSPS) is 13.1. The van der Waals surface area contributed by atoms with E-state index in [0.717, 1.165) is 4.68 Å². The Kier molecular flexibility index (Phi) is 5.26. The first-order valence-corrected chi connectivity index (χ1v) is 6.80. The average molecular weight is 352 g/mol. The Hall–Kier alpha value is -2.07. The fraction of sp³-hybridized carbons (Fsp3) is 0.417. The lowest BCUT2D eigenvalue weighted by molar-refractivity contribution is -0.182. The van der Waals surface area contributed by atoms with E-state index < -0.39 is 18.8 Å². The molecule has 1 N–H and O–H groups in total. The van der Waals surface area contributed by atoms with Crippen molar-refractivity contribution >= 4 is 23.2 Å². The largest absolute Gasteiger partial charge is 0.411 e. The number of hydrogen-bond acceptors (Lipinski definition) is 4. The summed E-state index contributed by atoms with van der Waals surface area (Å²) in [6.45, 7) is -0.124. The number of halogens is 4. The van der Waals surface area contributed by atoms with E-state index in [1.807, 2.05) is 0 Å². The summed E-state index contributed by atoms with van der Waals surface area (Å²) >= 11 is 5.73. The minimum Gasteiger partial charge on any atom is -0.350 e. The van der Waals surface area contributed by atoms with Crippen molar-refractivity contribution in [1.82, 2.24) is 19.6 Å². The molecule has 0 aliphatic rings. The third kappa shape index (κ3) is 5.25. The van der Waals surface area contributed by atoms with Crippen LogP contribution in [0.25, 0.3) is 0 Å². The molecule has 1 unspecified atom stereocenters. The Bertz CT molecular complexity index is 670. The van der Waals surface area contributed by atoms with Crippen molar-refractivity contribution in [2.75, 3.05) is 11.9 Å². The minimum atomic E-state index is -4.40. The fourth-order valence-electron chi connectivity index (χ4n) is 1.65. The molecule has 7 nitrogen and oxygen atoms in total. The molecular weight excluding hydrogens is 339 g/mol. The highest BCUT2D eigenvalue weighted by Crippen LogP contribution is 2.16. The van der Waals surface area contributed by atoms with E-state index in [1.54, 1.807) is 6.92 Å². The molecule has 0 bridgehead atoms. The second-order valence-electron chi connectivity index (χ2n) is 4.67. The number of aromatic nitrogens is 4. The van der Waals surface area contributed by atoms with Gasteiger partial charge in [-0.1, -0.05) is 11.6 Å². The first kappa shape index (κ1) is 17.3. The lowest BCUT2D eigenvalue weighted by Crippen LogP contribution is -2.23. The van der Waals surface area contributed by atoms with Gasteiger partial charge in [0.25, 0.3) is 0 Å². The second-order valence-corrected chi connectivity index (χ2v) is 5.10. The molecule has 2 rings (SSSR count). The van der Waals surface area contributed by atoms with Crippen LogP contribution in [0.3, 0.4) is 0 Å². The van der Waals surface area contributed by atoms with Crippen LogP contribution < -0.4 is 5.32 Å². The summed E-state index contributed by atoms with van der Waals surface area (Å²) in [4.78, 5) is 12.0. The molecule has 0 aliphatic heterocycles. The highest BCUT2D eigenvalue weighted by atomic mass is 35.5. The van der Waals surface area contributed by atoms with E-state index in [9.17, 15) is 18.0 Å². The molecule has 0 spiro atoms. The van der Waals surface area contributed by atoms with Crippen LogP contribution in [-0.4, -0.2) is 38.3 Å². The van der Waals surface area contributed by atoms with Gasteiger partial charge >= 0.3 is 6.18 Å². The van der Waals surface area contributed by atoms with Gasteiger partial charge in [-0.05, 0) is 6.92 Å². The molecule has 2 aromatic heterocycles. The Labute approximate surface area is 134 Å². The Morgan fingerprint density at radius 2 is 2.13 bits per heavy atom. The molecule has 2 aromatic rings. The minimum absolute atomic E-state index is 0.329. The van der Waals surface area contributed by atoms with Gasteiger partial charge in [-0.2, -0.15) is 23.4 Å². The molecule has 0 fully saturated rings. The number of carbonyl (C=O) groups excluding carboxylic acids is 1. The van der Waals surface area contributed by atoms with Crippen LogP contribution in [0.15, 0.2) is 24.8 Å². The third-order valence-electron chi connectivity index (χ3n) is 2.74. The molecule has 0 radical (unpaired) electrons. The topological polar surface area (TPSA) is 74.0 Å². The standard InChI is InChI=1S/C12H13ClF3N5O2/c1-8(21-4-9(13)2-18-21)11(22)19-10-3-17-20(5-10)7-23-6-12(14,15)16/h2-5,8H,6-7H2,1H3,(H,19,22). The molecule has 23 heavy (non-hydrogen) atoms. The second kappa shape index (κ2) is 7.01. The summed E-state index contributed by atoms with van der Waals surface area (Å²) in [5.74, 6) is -0.375. The molecule has 0 aliphatic carbocycles. The first-order chi connectivity index (χ1) is 10.7. The number of nitrogens with zero attached hydrogens (tertiary/aromatic N) is 4. The van der Waals surface area contributed by atoms with Crippen molar-refractivity contribution in [1.29, 1.82) is 0 Å². The van der Waals surface area contributed by atoms with Crippen LogP contribution in [0, 0.1) is 0 Å². The van der Waals surface area contributed by atoms with Gasteiger partial charge in [-0.15, -0.1) is 0 Å². The van der Waals surface area contributed by atoms with Gasteiger partial charge in [0.05, 0.1) is 29.3 Å². The number of ether oxygens (including phenoxy) is 1. The van der Waals surface area contributed by atoms with Crippen LogP contribution in [0.2, 0.25) is 5.02 Å². The van der Waals surface area contributed by atoms with E-state index in [2.05, 4.69) is 20.3 Å². The van der Waals surface area contributed by atoms with Gasteiger partial charge < -0.3 is 10.1 Å². The zero-order valence-corrected chi connectivity index (χ0v) is 12.7. The number of anilines is 1. The zero-order chi connectivity index (χ0) is 17.0. The van der Waals surface area contributed by atoms with E-state index in [-0.39, 0.29) is 12.6 Å². The monoisotopic (exact) mass is 351 g/mol. The summed E-state index contributed by atoms with van der Waals surface area (Å²) in [7, 11) is 0. The van der Waals surface area contributed by atoms with Gasteiger partial charge in [0.15, 0.2) is 0 Å². The summed E-state index contributed by atoms with van der Waals surface area (Å²) in [6, 6.07) is -0.618. The predicted octanol–water partition coefficient (Wildman–Crippen LogP) is 2.47. The molecular formula is C12H13ClF3N5O2. The third-order valence-corrected chi connectivity index (χ3v) is 2.93.